The van der Waals surface area contributed by atoms with Gasteiger partial charge in [-0.05, 0) is 60.7 Å². The van der Waals surface area contributed by atoms with Crippen LogP contribution in [0.4, 0.5) is 0 Å². The lowest BCUT2D eigenvalue weighted by Gasteiger charge is -2.21. The van der Waals surface area contributed by atoms with E-state index in [4.69, 9.17) is 21.4 Å². The van der Waals surface area contributed by atoms with Gasteiger partial charge in [0.25, 0.3) is 5.56 Å². The van der Waals surface area contributed by atoms with Crippen LogP contribution in [0.1, 0.15) is 58.5 Å². The average Bonchev–Trinajstić information content (AvgIpc) is 3.67. The third-order valence-electron chi connectivity index (χ3n) is 6.46. The van der Waals surface area contributed by atoms with Crippen molar-refractivity contribution in [1.82, 2.24) is 4.57 Å². The Hall–Kier alpha value is -3.71. The van der Waals surface area contributed by atoms with Crippen molar-refractivity contribution in [3.8, 4) is 16.9 Å². The van der Waals surface area contributed by atoms with Gasteiger partial charge in [0.05, 0.1) is 24.9 Å². The Bertz CT molecular complexity index is 1390. The van der Waals surface area contributed by atoms with E-state index >= 15 is 0 Å². The molecule has 0 saturated heterocycles. The van der Waals surface area contributed by atoms with Crippen molar-refractivity contribution in [1.29, 1.82) is 0 Å². The lowest BCUT2D eigenvalue weighted by atomic mass is 9.96. The van der Waals surface area contributed by atoms with E-state index in [2.05, 4.69) is 0 Å². The van der Waals surface area contributed by atoms with Gasteiger partial charge in [-0.25, -0.2) is 4.79 Å². The summed E-state index contributed by atoms with van der Waals surface area (Å²) >= 11 is 6.19. The minimum absolute atomic E-state index is 0.0660. The Morgan fingerprint density at radius 1 is 1.08 bits per heavy atom. The zero-order chi connectivity index (χ0) is 26.0. The minimum Gasteiger partial charge on any atom is -0.495 e. The molecule has 1 N–H and O–H groups in total. The maximum atomic E-state index is 13.4. The number of hydrogen-bond donors (Lipinski definition) is 1. The van der Waals surface area contributed by atoms with Crippen LogP contribution in [0.2, 0.25) is 5.02 Å². The molecule has 2 aromatic carbocycles. The van der Waals surface area contributed by atoms with Gasteiger partial charge < -0.3 is 14.4 Å². The number of rotatable bonds is 10. The Kier molecular flexibility index (Phi) is 7.40. The monoisotopic (exact) mass is 507 g/mol. The van der Waals surface area contributed by atoms with Crippen LogP contribution in [0.5, 0.6) is 5.75 Å². The number of ether oxygens (including phenoxy) is 1. The number of carbonyl (C=O) groups is 3. The number of Topliss-reactive ketones (excluding diaryl/α,β-unsaturated/α-hetero) is 2. The van der Waals surface area contributed by atoms with Crippen LogP contribution in [0.3, 0.4) is 0 Å². The zero-order valence-electron chi connectivity index (χ0n) is 20.0. The number of methoxy groups -OCH3 is 1. The number of benzene rings is 2. The van der Waals surface area contributed by atoms with E-state index in [0.717, 1.165) is 12.8 Å². The largest absolute Gasteiger partial charge is 0.495 e. The first kappa shape index (κ1) is 25.4. The molecule has 1 aliphatic rings. The van der Waals surface area contributed by atoms with Gasteiger partial charge in [-0.15, -0.1) is 0 Å². The normalized spacial score (nSPS) is 13.8. The third kappa shape index (κ3) is 5.57. The van der Waals surface area contributed by atoms with Gasteiger partial charge >= 0.3 is 5.97 Å². The summed E-state index contributed by atoms with van der Waals surface area (Å²) in [4.78, 5) is 50.1. The zero-order valence-corrected chi connectivity index (χ0v) is 20.7. The summed E-state index contributed by atoms with van der Waals surface area (Å²) in [7, 11) is 1.47. The molecule has 1 fully saturated rings. The number of carboxylic acid groups (broad SMARTS) is 1. The molecule has 0 radical (unpaired) electrons. The van der Waals surface area contributed by atoms with E-state index < -0.39 is 12.0 Å². The molecule has 1 aromatic heterocycles. The molecule has 0 bridgehead atoms. The molecule has 0 unspecified atom stereocenters. The number of halogens is 1. The number of hydrogen-bond acceptors (Lipinski definition) is 5. The van der Waals surface area contributed by atoms with Crippen molar-refractivity contribution in [2.45, 2.75) is 38.6 Å². The SMILES string of the molecule is COc1cn([C@@H](CC2CC2)C(=O)Cc2ccc(C(=O)O)cc2)c(=O)cc1-c1cc(Cl)ccc1C(C)=O. The van der Waals surface area contributed by atoms with Crippen LogP contribution in [0.15, 0.2) is 59.5 Å². The molecule has 4 rings (SSSR count). The average molecular weight is 508 g/mol. The van der Waals surface area contributed by atoms with Gasteiger partial charge in [0.2, 0.25) is 0 Å². The Morgan fingerprint density at radius 2 is 1.78 bits per heavy atom. The molecule has 1 heterocycles. The molecule has 0 amide bonds. The molecule has 0 aliphatic heterocycles. The summed E-state index contributed by atoms with van der Waals surface area (Å²) in [6, 6.07) is 11.7. The van der Waals surface area contributed by atoms with Gasteiger partial charge in [-0.2, -0.15) is 0 Å². The molecule has 8 heteroatoms. The van der Waals surface area contributed by atoms with Crippen LogP contribution in [0.25, 0.3) is 11.1 Å². The molecule has 1 aliphatic carbocycles. The van der Waals surface area contributed by atoms with Gasteiger partial charge in [0, 0.05) is 28.6 Å². The van der Waals surface area contributed by atoms with Crippen LogP contribution in [0, 0.1) is 5.92 Å². The van der Waals surface area contributed by atoms with E-state index in [9.17, 15) is 19.2 Å². The molecule has 36 heavy (non-hydrogen) atoms. The van der Waals surface area contributed by atoms with E-state index in [-0.39, 0.29) is 29.1 Å². The van der Waals surface area contributed by atoms with Crippen molar-refractivity contribution >= 4 is 29.1 Å². The lowest BCUT2D eigenvalue weighted by molar-refractivity contribution is -0.122. The van der Waals surface area contributed by atoms with Crippen LogP contribution >= 0.6 is 11.6 Å². The maximum Gasteiger partial charge on any atom is 0.335 e. The first-order valence-corrected chi connectivity index (χ1v) is 12.0. The number of ketones is 2. The summed E-state index contributed by atoms with van der Waals surface area (Å²) in [6.45, 7) is 1.44. The summed E-state index contributed by atoms with van der Waals surface area (Å²) in [6.07, 6.45) is 4.14. The number of aromatic nitrogens is 1. The molecule has 1 atom stereocenters. The third-order valence-corrected chi connectivity index (χ3v) is 6.69. The second-order valence-corrected chi connectivity index (χ2v) is 9.52. The highest BCUT2D eigenvalue weighted by Crippen LogP contribution is 2.39. The van der Waals surface area contributed by atoms with Crippen molar-refractivity contribution in [3.63, 3.8) is 0 Å². The topological polar surface area (TPSA) is 103 Å². The van der Waals surface area contributed by atoms with Gasteiger partial charge in [0.15, 0.2) is 11.6 Å². The highest BCUT2D eigenvalue weighted by atomic mass is 35.5. The fourth-order valence-corrected chi connectivity index (χ4v) is 4.52. The van der Waals surface area contributed by atoms with Crippen molar-refractivity contribution < 1.29 is 24.2 Å². The van der Waals surface area contributed by atoms with Crippen molar-refractivity contribution in [2.24, 2.45) is 5.92 Å². The second kappa shape index (κ2) is 10.5. The van der Waals surface area contributed by atoms with E-state index in [1.54, 1.807) is 30.3 Å². The van der Waals surface area contributed by atoms with Crippen LogP contribution in [-0.2, 0) is 11.2 Å². The quantitative estimate of drug-likeness (QED) is 0.377. The number of nitrogens with zero attached hydrogens (tertiary/aromatic N) is 1. The molecular formula is C28H26ClNO6. The lowest BCUT2D eigenvalue weighted by Crippen LogP contribution is -2.31. The molecule has 186 valence electrons. The second-order valence-electron chi connectivity index (χ2n) is 9.09. The first-order valence-electron chi connectivity index (χ1n) is 11.6. The fourth-order valence-electron chi connectivity index (χ4n) is 4.35. The predicted octanol–water partition coefficient (Wildman–Crippen LogP) is 5.23. The van der Waals surface area contributed by atoms with Crippen LogP contribution < -0.4 is 10.3 Å². The number of carbonyl (C=O) groups excluding carboxylic acids is 2. The van der Waals surface area contributed by atoms with Gasteiger partial charge in [-0.1, -0.05) is 36.6 Å². The standard InChI is InChI=1S/C28H26ClNO6/c1-16(31)21-10-9-20(29)13-22(21)23-14-27(33)30(15-26(23)36-2)24(11-17-3-4-17)25(32)12-18-5-7-19(8-6-18)28(34)35/h5-10,13-15,17,24H,3-4,11-12H2,1-2H3,(H,34,35)/t24-/m0/s1. The Balaban J connectivity index is 1.72. The maximum absolute atomic E-state index is 13.4. The van der Waals surface area contributed by atoms with E-state index in [0.29, 0.717) is 45.4 Å². The number of carboxylic acids is 1. The summed E-state index contributed by atoms with van der Waals surface area (Å²) in [5.74, 6) is -0.648. The minimum atomic E-state index is -1.04. The summed E-state index contributed by atoms with van der Waals surface area (Å²) in [5.41, 5.74) is 1.74. The fraction of sp³-hybridized carbons (Fsp3) is 0.286. The molecule has 7 nitrogen and oxygen atoms in total. The highest BCUT2D eigenvalue weighted by molar-refractivity contribution is 6.31. The van der Waals surface area contributed by atoms with Crippen molar-refractivity contribution in [2.75, 3.05) is 7.11 Å². The predicted molar refractivity (Wildman–Crippen MR) is 136 cm³/mol. The van der Waals surface area contributed by atoms with Crippen LogP contribution in [-0.4, -0.2) is 34.3 Å². The number of pyridine rings is 1. The molecular weight excluding hydrogens is 482 g/mol. The summed E-state index contributed by atoms with van der Waals surface area (Å²) < 4.78 is 7.00. The van der Waals surface area contributed by atoms with E-state index in [1.165, 1.54) is 43.0 Å². The molecule has 3 aromatic rings. The first-order chi connectivity index (χ1) is 17.2. The Morgan fingerprint density at radius 3 is 2.36 bits per heavy atom. The van der Waals surface area contributed by atoms with Gasteiger partial charge in [-0.3, -0.25) is 14.4 Å². The molecule has 1 saturated carbocycles. The van der Waals surface area contributed by atoms with E-state index in [1.807, 2.05) is 0 Å². The smallest absolute Gasteiger partial charge is 0.335 e. The summed E-state index contributed by atoms with van der Waals surface area (Å²) in [5, 5.41) is 9.52. The Labute approximate surface area is 213 Å². The number of aromatic carboxylic acids is 1. The molecule has 0 spiro atoms. The van der Waals surface area contributed by atoms with Crippen molar-refractivity contribution in [3.05, 3.63) is 86.8 Å². The highest BCUT2D eigenvalue weighted by Gasteiger charge is 2.31. The van der Waals surface area contributed by atoms with Gasteiger partial charge in [0.1, 0.15) is 5.75 Å².